The first-order chi connectivity index (χ1) is 16.5. The number of amides is 2. The predicted octanol–water partition coefficient (Wildman–Crippen LogP) is 3.62. The second kappa shape index (κ2) is 11.5. The highest BCUT2D eigenvalue weighted by atomic mass is 16.5. The maximum absolute atomic E-state index is 13.6. The van der Waals surface area contributed by atoms with E-state index in [4.69, 9.17) is 4.74 Å². The van der Waals surface area contributed by atoms with Gasteiger partial charge in [-0.25, -0.2) is 0 Å². The average molecular weight is 464 g/mol. The average Bonchev–Trinajstić information content (AvgIpc) is 2.89. The summed E-state index contributed by atoms with van der Waals surface area (Å²) >= 11 is 0. The molecule has 2 heterocycles. The molecular formula is C28H37N3O3. The van der Waals surface area contributed by atoms with E-state index in [2.05, 4.69) is 17.3 Å². The number of nitrogens with zero attached hydrogens (tertiary/aromatic N) is 2. The minimum absolute atomic E-state index is 0.0209. The van der Waals surface area contributed by atoms with Crippen molar-refractivity contribution in [1.29, 1.82) is 0 Å². The van der Waals surface area contributed by atoms with Crippen molar-refractivity contribution in [2.45, 2.75) is 38.1 Å². The molecular weight excluding hydrogens is 426 g/mol. The van der Waals surface area contributed by atoms with Crippen LogP contribution in [0.2, 0.25) is 0 Å². The molecule has 0 aromatic heterocycles. The van der Waals surface area contributed by atoms with Crippen molar-refractivity contribution in [3.63, 3.8) is 0 Å². The summed E-state index contributed by atoms with van der Waals surface area (Å²) in [7, 11) is 3.80. The monoisotopic (exact) mass is 463 g/mol. The Morgan fingerprint density at radius 3 is 2.09 bits per heavy atom. The van der Waals surface area contributed by atoms with Crippen LogP contribution < -0.4 is 10.1 Å². The van der Waals surface area contributed by atoms with Gasteiger partial charge in [-0.15, -0.1) is 0 Å². The smallest absolute Gasteiger partial charge is 0.251 e. The minimum atomic E-state index is -0.586. The quantitative estimate of drug-likeness (QED) is 0.681. The highest BCUT2D eigenvalue weighted by Gasteiger charge is 2.33. The van der Waals surface area contributed by atoms with E-state index in [1.807, 2.05) is 35.2 Å². The van der Waals surface area contributed by atoms with Crippen LogP contribution in [-0.4, -0.2) is 68.0 Å². The number of hydrogen-bond donors (Lipinski definition) is 1. The van der Waals surface area contributed by atoms with Gasteiger partial charge in [-0.1, -0.05) is 30.3 Å². The molecule has 2 fully saturated rings. The van der Waals surface area contributed by atoms with Crippen LogP contribution in [0.1, 0.15) is 41.6 Å². The summed E-state index contributed by atoms with van der Waals surface area (Å²) < 4.78 is 5.19. The van der Waals surface area contributed by atoms with Crippen LogP contribution in [0, 0.1) is 11.8 Å². The van der Waals surface area contributed by atoms with Gasteiger partial charge in [0, 0.05) is 25.1 Å². The number of likely N-dealkylation sites (tertiary alicyclic amines) is 2. The van der Waals surface area contributed by atoms with E-state index in [9.17, 15) is 9.59 Å². The zero-order valence-electron chi connectivity index (χ0n) is 20.4. The standard InChI is InChI=1S/C28H37N3O3/c1-30-16-12-22(13-17-30)23-14-18-31(19-15-23)28(33)26(20-21-6-4-3-5-7-21)29-27(32)24-8-10-25(34-2)11-9-24/h3-11,22-23,26H,12-20H2,1-2H3,(H,29,32)/t26-/m1/s1. The molecule has 4 rings (SSSR count). The number of nitrogens with one attached hydrogen (secondary N) is 1. The molecule has 2 aliphatic heterocycles. The Balaban J connectivity index is 1.41. The van der Waals surface area contributed by atoms with E-state index in [-0.39, 0.29) is 11.8 Å². The van der Waals surface area contributed by atoms with Gasteiger partial charge >= 0.3 is 0 Å². The highest BCUT2D eigenvalue weighted by Crippen LogP contribution is 2.32. The number of ether oxygens (including phenoxy) is 1. The molecule has 0 unspecified atom stereocenters. The van der Waals surface area contributed by atoms with Crippen molar-refractivity contribution in [2.75, 3.05) is 40.3 Å². The molecule has 6 nitrogen and oxygen atoms in total. The molecule has 2 aliphatic rings. The molecule has 2 amide bonds. The molecule has 2 saturated heterocycles. The largest absolute Gasteiger partial charge is 0.497 e. The number of piperidine rings is 2. The third-order valence-electron chi connectivity index (χ3n) is 7.52. The highest BCUT2D eigenvalue weighted by molar-refractivity contribution is 5.97. The molecule has 0 aliphatic carbocycles. The van der Waals surface area contributed by atoms with E-state index in [0.717, 1.165) is 37.4 Å². The molecule has 0 radical (unpaired) electrons. The van der Waals surface area contributed by atoms with E-state index in [1.54, 1.807) is 31.4 Å². The van der Waals surface area contributed by atoms with Crippen molar-refractivity contribution in [3.05, 3.63) is 65.7 Å². The summed E-state index contributed by atoms with van der Waals surface area (Å²) in [6.45, 7) is 3.92. The second-order valence-electron chi connectivity index (χ2n) is 9.75. The van der Waals surface area contributed by atoms with Crippen LogP contribution in [0.3, 0.4) is 0 Å². The van der Waals surface area contributed by atoms with Crippen molar-refractivity contribution < 1.29 is 14.3 Å². The lowest BCUT2D eigenvalue weighted by Crippen LogP contribution is -2.52. The zero-order chi connectivity index (χ0) is 23.9. The molecule has 6 heteroatoms. The summed E-state index contributed by atoms with van der Waals surface area (Å²) in [4.78, 5) is 30.9. The number of benzene rings is 2. The van der Waals surface area contributed by atoms with Gasteiger partial charge in [-0.05, 0) is 87.5 Å². The van der Waals surface area contributed by atoms with Gasteiger partial charge in [-0.3, -0.25) is 9.59 Å². The molecule has 182 valence electrons. The van der Waals surface area contributed by atoms with Crippen LogP contribution in [0.15, 0.2) is 54.6 Å². The number of methoxy groups -OCH3 is 1. The Labute approximate surface area is 203 Å². The summed E-state index contributed by atoms with van der Waals surface area (Å²) in [6, 6.07) is 16.3. The van der Waals surface area contributed by atoms with Crippen molar-refractivity contribution >= 4 is 11.8 Å². The van der Waals surface area contributed by atoms with E-state index < -0.39 is 6.04 Å². The third kappa shape index (κ3) is 6.17. The van der Waals surface area contributed by atoms with Gasteiger partial charge in [0.1, 0.15) is 11.8 Å². The van der Waals surface area contributed by atoms with Gasteiger partial charge in [-0.2, -0.15) is 0 Å². The molecule has 0 saturated carbocycles. The van der Waals surface area contributed by atoms with Crippen molar-refractivity contribution in [3.8, 4) is 5.75 Å². The number of carbonyl (C=O) groups excluding carboxylic acids is 2. The van der Waals surface area contributed by atoms with Crippen LogP contribution in [0.4, 0.5) is 0 Å². The number of rotatable bonds is 7. The van der Waals surface area contributed by atoms with Gasteiger partial charge < -0.3 is 19.9 Å². The lowest BCUT2D eigenvalue weighted by molar-refractivity contribution is -0.135. The molecule has 2 aromatic rings. The van der Waals surface area contributed by atoms with Gasteiger partial charge in [0.25, 0.3) is 5.91 Å². The fourth-order valence-electron chi connectivity index (χ4n) is 5.35. The van der Waals surface area contributed by atoms with E-state index in [0.29, 0.717) is 23.7 Å². The number of hydrogen-bond acceptors (Lipinski definition) is 4. The third-order valence-corrected chi connectivity index (χ3v) is 7.52. The molecule has 1 atom stereocenters. The van der Waals surface area contributed by atoms with E-state index in [1.165, 1.54) is 25.9 Å². The SMILES string of the molecule is COc1ccc(C(=O)N[C@H](Cc2ccccc2)C(=O)N2CCC(C3CCN(C)CC3)CC2)cc1. The van der Waals surface area contributed by atoms with Crippen LogP contribution >= 0.6 is 0 Å². The summed E-state index contributed by atoms with van der Waals surface area (Å²) in [5.74, 6) is 1.97. The Hall–Kier alpha value is -2.86. The van der Waals surface area contributed by atoms with Crippen LogP contribution in [0.5, 0.6) is 5.75 Å². The molecule has 0 bridgehead atoms. The minimum Gasteiger partial charge on any atom is -0.497 e. The first-order valence-corrected chi connectivity index (χ1v) is 12.5. The lowest BCUT2D eigenvalue weighted by Gasteiger charge is -2.40. The summed E-state index contributed by atoms with van der Waals surface area (Å²) in [5.41, 5.74) is 1.56. The number of carbonyl (C=O) groups is 2. The second-order valence-corrected chi connectivity index (χ2v) is 9.75. The Morgan fingerprint density at radius 1 is 0.912 bits per heavy atom. The summed E-state index contributed by atoms with van der Waals surface area (Å²) in [5, 5.41) is 3.02. The normalized spacial score (nSPS) is 18.9. The van der Waals surface area contributed by atoms with E-state index >= 15 is 0 Å². The molecule has 0 spiro atoms. The fourth-order valence-corrected chi connectivity index (χ4v) is 5.35. The first kappa shape index (κ1) is 24.3. The molecule has 2 aromatic carbocycles. The maximum Gasteiger partial charge on any atom is 0.251 e. The van der Waals surface area contributed by atoms with Gasteiger partial charge in [0.2, 0.25) is 5.91 Å². The maximum atomic E-state index is 13.6. The Kier molecular flexibility index (Phi) is 8.22. The van der Waals surface area contributed by atoms with Gasteiger partial charge in [0.05, 0.1) is 7.11 Å². The lowest BCUT2D eigenvalue weighted by atomic mass is 9.79. The zero-order valence-corrected chi connectivity index (χ0v) is 20.4. The van der Waals surface area contributed by atoms with Crippen LogP contribution in [-0.2, 0) is 11.2 Å². The first-order valence-electron chi connectivity index (χ1n) is 12.5. The van der Waals surface area contributed by atoms with Crippen molar-refractivity contribution in [1.82, 2.24) is 15.1 Å². The topological polar surface area (TPSA) is 61.9 Å². The van der Waals surface area contributed by atoms with Crippen molar-refractivity contribution in [2.24, 2.45) is 11.8 Å². The fraction of sp³-hybridized carbons (Fsp3) is 0.500. The molecule has 34 heavy (non-hydrogen) atoms. The van der Waals surface area contributed by atoms with Gasteiger partial charge in [0.15, 0.2) is 0 Å². The predicted molar refractivity (Wildman–Crippen MR) is 134 cm³/mol. The Morgan fingerprint density at radius 2 is 1.50 bits per heavy atom. The Bertz CT molecular complexity index is 931. The summed E-state index contributed by atoms with van der Waals surface area (Å²) in [6.07, 6.45) is 5.14. The molecule has 1 N–H and O–H groups in total. The van der Waals surface area contributed by atoms with Crippen LogP contribution in [0.25, 0.3) is 0 Å².